The molecule has 0 aliphatic carbocycles. The molecule has 96 valence electrons. The zero-order valence-corrected chi connectivity index (χ0v) is 10.5. The predicted octanol–water partition coefficient (Wildman–Crippen LogP) is 1.55. The maximum Gasteiger partial charge on any atom is 0.0717 e. The fourth-order valence-corrected chi connectivity index (χ4v) is 1.95. The highest BCUT2D eigenvalue weighted by atomic mass is 16.5. The second-order valence-electron chi connectivity index (χ2n) is 4.45. The van der Waals surface area contributed by atoms with Gasteiger partial charge in [0.15, 0.2) is 0 Å². The second kappa shape index (κ2) is 7.17. The van der Waals surface area contributed by atoms with Gasteiger partial charge in [0.25, 0.3) is 0 Å². The van der Waals surface area contributed by atoms with E-state index in [-0.39, 0.29) is 0 Å². The molecule has 3 heteroatoms. The van der Waals surface area contributed by atoms with Crippen LogP contribution in [-0.2, 0) is 16.1 Å². The van der Waals surface area contributed by atoms with Crippen LogP contribution in [0.1, 0.15) is 17.5 Å². The van der Waals surface area contributed by atoms with E-state index in [9.17, 15) is 0 Å². The Labute approximate surface area is 108 Å². The average molecular weight is 245 g/mol. The van der Waals surface area contributed by atoms with Crippen LogP contribution in [0, 0.1) is 17.8 Å². The number of benzene rings is 1. The molecule has 1 saturated heterocycles. The Bertz CT molecular complexity index is 428. The minimum absolute atomic E-state index is 0.391. The van der Waals surface area contributed by atoms with E-state index in [1.165, 1.54) is 0 Å². The molecule has 0 aromatic heterocycles. The largest absolute Gasteiger partial charge is 0.381 e. The third-order valence-electron chi connectivity index (χ3n) is 2.91. The van der Waals surface area contributed by atoms with Crippen molar-refractivity contribution in [1.82, 2.24) is 0 Å². The number of rotatable bonds is 4. The number of hydrogen-bond donors (Lipinski definition) is 1. The number of nitrogens with two attached hydrogens (primary N) is 1. The highest BCUT2D eigenvalue weighted by Gasteiger charge is 2.15. The Hall–Kier alpha value is -1.34. The van der Waals surface area contributed by atoms with Gasteiger partial charge in [0, 0.05) is 18.1 Å². The third kappa shape index (κ3) is 4.15. The summed E-state index contributed by atoms with van der Waals surface area (Å²) < 4.78 is 11.0. The first-order chi connectivity index (χ1) is 8.88. The Morgan fingerprint density at radius 2 is 2.39 bits per heavy atom. The summed E-state index contributed by atoms with van der Waals surface area (Å²) in [6.45, 7) is 3.51. The molecular weight excluding hydrogens is 226 g/mol. The lowest BCUT2D eigenvalue weighted by molar-refractivity contribution is 0.0791. The monoisotopic (exact) mass is 245 g/mol. The van der Waals surface area contributed by atoms with Crippen molar-refractivity contribution in [1.29, 1.82) is 0 Å². The summed E-state index contributed by atoms with van der Waals surface area (Å²) in [6, 6.07) is 8.08. The van der Waals surface area contributed by atoms with Crippen molar-refractivity contribution in [2.45, 2.75) is 13.0 Å². The molecule has 0 spiro atoms. The van der Waals surface area contributed by atoms with Crippen LogP contribution in [0.5, 0.6) is 0 Å². The van der Waals surface area contributed by atoms with E-state index in [1.807, 2.05) is 18.2 Å². The molecule has 2 N–H and O–H groups in total. The standard InChI is InChI=1S/C15H19NO2/c16-7-2-5-13-3-1-4-14(9-13)10-18-12-15-6-8-17-11-15/h1,3-4,9,15H,6-8,10-12,16H2. The molecule has 0 bridgehead atoms. The zero-order valence-electron chi connectivity index (χ0n) is 10.5. The molecule has 1 aliphatic heterocycles. The highest BCUT2D eigenvalue weighted by Crippen LogP contribution is 2.13. The summed E-state index contributed by atoms with van der Waals surface area (Å²) in [5, 5.41) is 0. The normalized spacial score (nSPS) is 18.4. The van der Waals surface area contributed by atoms with Crippen LogP contribution in [0.4, 0.5) is 0 Å². The molecule has 0 amide bonds. The van der Waals surface area contributed by atoms with Crippen LogP contribution in [0.2, 0.25) is 0 Å². The van der Waals surface area contributed by atoms with Crippen molar-refractivity contribution in [2.75, 3.05) is 26.4 Å². The lowest BCUT2D eigenvalue weighted by Crippen LogP contribution is -2.09. The van der Waals surface area contributed by atoms with E-state index in [1.54, 1.807) is 0 Å². The summed E-state index contributed by atoms with van der Waals surface area (Å²) in [7, 11) is 0. The average Bonchev–Trinajstić information content (AvgIpc) is 2.90. The Morgan fingerprint density at radius 1 is 1.44 bits per heavy atom. The first kappa shape index (κ1) is 13.1. The Kier molecular flexibility index (Phi) is 5.22. The zero-order chi connectivity index (χ0) is 12.6. The molecule has 18 heavy (non-hydrogen) atoms. The number of ether oxygens (including phenoxy) is 2. The van der Waals surface area contributed by atoms with E-state index in [2.05, 4.69) is 17.9 Å². The van der Waals surface area contributed by atoms with Crippen LogP contribution >= 0.6 is 0 Å². The Balaban J connectivity index is 1.81. The van der Waals surface area contributed by atoms with Gasteiger partial charge in [-0.05, 0) is 24.1 Å². The van der Waals surface area contributed by atoms with Crippen molar-refractivity contribution >= 4 is 0 Å². The van der Waals surface area contributed by atoms with Crippen molar-refractivity contribution in [2.24, 2.45) is 11.7 Å². The van der Waals surface area contributed by atoms with Crippen molar-refractivity contribution in [3.63, 3.8) is 0 Å². The van der Waals surface area contributed by atoms with E-state index in [0.717, 1.165) is 37.4 Å². The molecule has 0 saturated carbocycles. The fraction of sp³-hybridized carbons (Fsp3) is 0.467. The first-order valence-corrected chi connectivity index (χ1v) is 6.32. The quantitative estimate of drug-likeness (QED) is 0.819. The van der Waals surface area contributed by atoms with E-state index >= 15 is 0 Å². The second-order valence-corrected chi connectivity index (χ2v) is 4.45. The fourth-order valence-electron chi connectivity index (χ4n) is 1.95. The minimum Gasteiger partial charge on any atom is -0.381 e. The van der Waals surface area contributed by atoms with E-state index in [0.29, 0.717) is 19.1 Å². The molecule has 1 atom stereocenters. The third-order valence-corrected chi connectivity index (χ3v) is 2.91. The minimum atomic E-state index is 0.391. The molecule has 3 nitrogen and oxygen atoms in total. The van der Waals surface area contributed by atoms with Crippen LogP contribution in [0.25, 0.3) is 0 Å². The van der Waals surface area contributed by atoms with Gasteiger partial charge in [0.2, 0.25) is 0 Å². The van der Waals surface area contributed by atoms with Gasteiger partial charge in [0.1, 0.15) is 0 Å². The lowest BCUT2D eigenvalue weighted by atomic mass is 10.1. The van der Waals surface area contributed by atoms with Gasteiger partial charge in [-0.1, -0.05) is 24.0 Å². The molecule has 1 heterocycles. The van der Waals surface area contributed by atoms with Crippen molar-refractivity contribution < 1.29 is 9.47 Å². The summed E-state index contributed by atoms with van der Waals surface area (Å²) in [5.74, 6) is 6.44. The van der Waals surface area contributed by atoms with Crippen molar-refractivity contribution in [3.05, 3.63) is 35.4 Å². The first-order valence-electron chi connectivity index (χ1n) is 6.32. The number of hydrogen-bond acceptors (Lipinski definition) is 3. The Morgan fingerprint density at radius 3 is 3.17 bits per heavy atom. The van der Waals surface area contributed by atoms with Crippen LogP contribution < -0.4 is 5.73 Å². The van der Waals surface area contributed by atoms with E-state index in [4.69, 9.17) is 15.2 Å². The molecule has 2 rings (SSSR count). The van der Waals surface area contributed by atoms with Gasteiger partial charge < -0.3 is 15.2 Å². The maximum atomic E-state index is 5.71. The highest BCUT2D eigenvalue weighted by molar-refractivity contribution is 5.37. The molecule has 1 unspecified atom stereocenters. The molecular formula is C15H19NO2. The smallest absolute Gasteiger partial charge is 0.0717 e. The van der Waals surface area contributed by atoms with Gasteiger partial charge in [-0.15, -0.1) is 0 Å². The summed E-state index contributed by atoms with van der Waals surface area (Å²) in [4.78, 5) is 0. The summed E-state index contributed by atoms with van der Waals surface area (Å²) >= 11 is 0. The van der Waals surface area contributed by atoms with Gasteiger partial charge in [-0.25, -0.2) is 0 Å². The molecule has 1 aromatic rings. The van der Waals surface area contributed by atoms with Gasteiger partial charge in [-0.3, -0.25) is 0 Å². The van der Waals surface area contributed by atoms with Gasteiger partial charge >= 0.3 is 0 Å². The summed E-state index contributed by atoms with van der Waals surface area (Å²) in [5.41, 5.74) is 7.50. The van der Waals surface area contributed by atoms with Crippen molar-refractivity contribution in [3.8, 4) is 11.8 Å². The molecule has 1 aromatic carbocycles. The van der Waals surface area contributed by atoms with Gasteiger partial charge in [-0.2, -0.15) is 0 Å². The lowest BCUT2D eigenvalue weighted by Gasteiger charge is -2.08. The maximum absolute atomic E-state index is 5.71. The SMILES string of the molecule is NCC#Cc1cccc(COCC2CCOC2)c1. The van der Waals surface area contributed by atoms with Gasteiger partial charge in [0.05, 0.1) is 26.4 Å². The molecule has 1 fully saturated rings. The summed E-state index contributed by atoms with van der Waals surface area (Å²) in [6.07, 6.45) is 1.11. The van der Waals surface area contributed by atoms with Crippen LogP contribution in [-0.4, -0.2) is 26.4 Å². The topological polar surface area (TPSA) is 44.5 Å². The predicted molar refractivity (Wildman–Crippen MR) is 71.0 cm³/mol. The van der Waals surface area contributed by atoms with Crippen LogP contribution in [0.15, 0.2) is 24.3 Å². The molecule has 1 aliphatic rings. The van der Waals surface area contributed by atoms with E-state index < -0.39 is 0 Å². The molecule has 0 radical (unpaired) electrons. The van der Waals surface area contributed by atoms with Crippen LogP contribution in [0.3, 0.4) is 0 Å².